The molecule has 0 aliphatic heterocycles. The van der Waals surface area contributed by atoms with Gasteiger partial charge < -0.3 is 4.90 Å². The second-order valence-corrected chi connectivity index (χ2v) is 14.8. The van der Waals surface area contributed by atoms with Crippen LogP contribution in [0.3, 0.4) is 0 Å². The van der Waals surface area contributed by atoms with Crippen molar-refractivity contribution in [2.75, 3.05) is 4.90 Å². The van der Waals surface area contributed by atoms with Crippen molar-refractivity contribution < 1.29 is 0 Å². The lowest BCUT2D eigenvalue weighted by atomic mass is 9.93. The van der Waals surface area contributed by atoms with Gasteiger partial charge in [-0.15, -0.1) is 11.3 Å². The third-order valence-electron chi connectivity index (χ3n) is 10.8. The van der Waals surface area contributed by atoms with Gasteiger partial charge in [0.25, 0.3) is 0 Å². The van der Waals surface area contributed by atoms with E-state index in [0.29, 0.717) is 0 Å². The molecule has 0 aliphatic carbocycles. The summed E-state index contributed by atoms with van der Waals surface area (Å²) < 4.78 is 2.66. The molecule has 0 bridgehead atoms. The van der Waals surface area contributed by atoms with Gasteiger partial charge in [0.15, 0.2) is 0 Å². The Bertz CT molecular complexity index is 3210. The Morgan fingerprint density at radius 3 is 1.75 bits per heavy atom. The minimum atomic E-state index is 1.12. The molecule has 1 nitrogen and oxygen atoms in total. The van der Waals surface area contributed by atoms with Gasteiger partial charge in [-0.25, -0.2) is 0 Å². The molecule has 0 N–H and O–H groups in total. The molecule has 0 amide bonds. The third kappa shape index (κ3) is 4.55. The van der Waals surface area contributed by atoms with E-state index in [-0.39, 0.29) is 0 Å². The number of anilines is 3. The summed E-state index contributed by atoms with van der Waals surface area (Å²) >= 11 is 1.89. The van der Waals surface area contributed by atoms with Crippen LogP contribution >= 0.6 is 11.3 Å². The predicted molar refractivity (Wildman–Crippen MR) is 227 cm³/mol. The van der Waals surface area contributed by atoms with Crippen LogP contribution in [0.1, 0.15) is 0 Å². The van der Waals surface area contributed by atoms with Crippen molar-refractivity contribution in [3.63, 3.8) is 0 Å². The molecule has 0 fully saturated rings. The van der Waals surface area contributed by atoms with Gasteiger partial charge in [0.2, 0.25) is 0 Å². The van der Waals surface area contributed by atoms with E-state index in [1.165, 1.54) is 85.2 Å². The number of nitrogens with zero attached hydrogens (tertiary/aromatic N) is 1. The van der Waals surface area contributed by atoms with Gasteiger partial charge in [0.1, 0.15) is 0 Å². The van der Waals surface area contributed by atoms with E-state index in [9.17, 15) is 0 Å². The number of hydrogen-bond acceptors (Lipinski definition) is 2. The number of benzene rings is 10. The average molecular weight is 678 g/mol. The maximum Gasteiger partial charge on any atom is 0.0468 e. The standard InChI is InChI=1S/C50H31NS/c1-3-14-40-32(10-1)20-21-36-29-38(25-27-42(36)40)51(39-24-22-33-23-26-46-45-18-7-8-19-49(45)52-50(46)48(33)31-39)37-13-9-12-34(28-37)47-30-35-11-2-4-15-41(35)43-16-5-6-17-44(43)47/h1-31H. The Hall–Kier alpha value is -6.48. The number of fused-ring (bicyclic) bond motifs is 11. The highest BCUT2D eigenvalue weighted by Crippen LogP contribution is 2.44. The highest BCUT2D eigenvalue weighted by molar-refractivity contribution is 7.26. The van der Waals surface area contributed by atoms with Crippen LogP contribution in [0.5, 0.6) is 0 Å². The molecule has 0 spiro atoms. The summed E-state index contributed by atoms with van der Waals surface area (Å²) in [4.78, 5) is 2.44. The maximum absolute atomic E-state index is 2.44. The Balaban J connectivity index is 1.15. The zero-order valence-corrected chi connectivity index (χ0v) is 29.1. The monoisotopic (exact) mass is 677 g/mol. The van der Waals surface area contributed by atoms with Gasteiger partial charge in [-0.05, 0) is 108 Å². The predicted octanol–water partition coefficient (Wildman–Crippen LogP) is 15.0. The molecule has 0 aliphatic rings. The number of hydrogen-bond donors (Lipinski definition) is 0. The summed E-state index contributed by atoms with van der Waals surface area (Å²) in [5, 5.41) is 15.3. The van der Waals surface area contributed by atoms with Crippen molar-refractivity contribution >= 4 is 102 Å². The lowest BCUT2D eigenvalue weighted by Gasteiger charge is -2.27. The second-order valence-electron chi connectivity index (χ2n) is 13.7. The minimum Gasteiger partial charge on any atom is -0.310 e. The lowest BCUT2D eigenvalue weighted by molar-refractivity contribution is 1.30. The van der Waals surface area contributed by atoms with Gasteiger partial charge in [0, 0.05) is 42.6 Å². The van der Waals surface area contributed by atoms with Crippen LogP contribution in [0.4, 0.5) is 17.1 Å². The second kappa shape index (κ2) is 11.5. The van der Waals surface area contributed by atoms with Crippen LogP contribution in [0.2, 0.25) is 0 Å². The molecule has 2 heteroatoms. The maximum atomic E-state index is 2.44. The van der Waals surface area contributed by atoms with Gasteiger partial charge in [-0.2, -0.15) is 0 Å². The molecule has 52 heavy (non-hydrogen) atoms. The van der Waals surface area contributed by atoms with Crippen LogP contribution in [0.25, 0.3) is 85.2 Å². The molecule has 0 saturated carbocycles. The zero-order chi connectivity index (χ0) is 34.2. The summed E-state index contributed by atoms with van der Waals surface area (Å²) in [7, 11) is 0. The van der Waals surface area contributed by atoms with Gasteiger partial charge in [-0.1, -0.05) is 140 Å². The molecule has 11 rings (SSSR count). The summed E-state index contributed by atoms with van der Waals surface area (Å²) in [6.45, 7) is 0. The molecule has 242 valence electrons. The lowest BCUT2D eigenvalue weighted by Crippen LogP contribution is -2.10. The van der Waals surface area contributed by atoms with E-state index in [0.717, 1.165) is 17.1 Å². The molecular formula is C50H31NS. The molecule has 1 aromatic heterocycles. The van der Waals surface area contributed by atoms with Crippen LogP contribution in [-0.4, -0.2) is 0 Å². The summed E-state index contributed by atoms with van der Waals surface area (Å²) in [6.07, 6.45) is 0. The third-order valence-corrected chi connectivity index (χ3v) is 12.0. The van der Waals surface area contributed by atoms with Crippen LogP contribution < -0.4 is 4.90 Å². The molecule has 0 radical (unpaired) electrons. The molecule has 11 aromatic rings. The van der Waals surface area contributed by atoms with Gasteiger partial charge in [0.05, 0.1) is 0 Å². The van der Waals surface area contributed by atoms with E-state index in [2.05, 4.69) is 193 Å². The molecule has 10 aromatic carbocycles. The normalized spacial score (nSPS) is 11.8. The quantitative estimate of drug-likeness (QED) is 0.168. The first-order valence-electron chi connectivity index (χ1n) is 17.8. The summed E-state index contributed by atoms with van der Waals surface area (Å²) in [5.74, 6) is 0. The highest BCUT2D eigenvalue weighted by Gasteiger charge is 2.18. The fourth-order valence-electron chi connectivity index (χ4n) is 8.32. The smallest absolute Gasteiger partial charge is 0.0468 e. The first-order valence-corrected chi connectivity index (χ1v) is 18.7. The van der Waals surface area contributed by atoms with E-state index >= 15 is 0 Å². The van der Waals surface area contributed by atoms with E-state index in [4.69, 9.17) is 0 Å². The summed E-state index contributed by atoms with van der Waals surface area (Å²) in [6, 6.07) is 69.4. The molecule has 0 unspecified atom stereocenters. The number of thiophene rings is 1. The summed E-state index contributed by atoms with van der Waals surface area (Å²) in [5.41, 5.74) is 5.83. The SMILES string of the molecule is c1cc(-c2cc3ccccc3c3ccccc23)cc(N(c2ccc3c(ccc4ccccc43)c2)c2ccc3ccc4c5ccccc5sc4c3c2)c1. The molecular weight excluding hydrogens is 647 g/mol. The van der Waals surface area contributed by atoms with E-state index in [1.54, 1.807) is 0 Å². The molecule has 0 atom stereocenters. The first-order chi connectivity index (χ1) is 25.8. The van der Waals surface area contributed by atoms with Crippen molar-refractivity contribution in [3.8, 4) is 11.1 Å². The topological polar surface area (TPSA) is 3.24 Å². The molecule has 0 saturated heterocycles. The Labute approximate surface area is 305 Å². The van der Waals surface area contributed by atoms with Crippen LogP contribution in [0.15, 0.2) is 188 Å². The van der Waals surface area contributed by atoms with E-state index < -0.39 is 0 Å². The minimum absolute atomic E-state index is 1.12. The number of rotatable bonds is 4. The highest BCUT2D eigenvalue weighted by atomic mass is 32.1. The molecule has 1 heterocycles. The van der Waals surface area contributed by atoms with Gasteiger partial charge in [-0.3, -0.25) is 0 Å². The fraction of sp³-hybridized carbons (Fsp3) is 0. The average Bonchev–Trinajstić information content (AvgIpc) is 3.60. The first kappa shape index (κ1) is 29.3. The van der Waals surface area contributed by atoms with Crippen LogP contribution in [-0.2, 0) is 0 Å². The Morgan fingerprint density at radius 2 is 0.865 bits per heavy atom. The van der Waals surface area contributed by atoms with E-state index in [1.807, 2.05) is 11.3 Å². The van der Waals surface area contributed by atoms with Gasteiger partial charge >= 0.3 is 0 Å². The zero-order valence-electron chi connectivity index (χ0n) is 28.3. The Kier molecular flexibility index (Phi) is 6.49. The van der Waals surface area contributed by atoms with Crippen molar-refractivity contribution in [1.82, 2.24) is 0 Å². The van der Waals surface area contributed by atoms with Crippen molar-refractivity contribution in [3.05, 3.63) is 188 Å². The van der Waals surface area contributed by atoms with Crippen LogP contribution in [0, 0.1) is 0 Å². The van der Waals surface area contributed by atoms with Crippen molar-refractivity contribution in [2.24, 2.45) is 0 Å². The van der Waals surface area contributed by atoms with Crippen molar-refractivity contribution in [2.45, 2.75) is 0 Å². The van der Waals surface area contributed by atoms with Crippen molar-refractivity contribution in [1.29, 1.82) is 0 Å². The largest absolute Gasteiger partial charge is 0.310 e. The Morgan fingerprint density at radius 1 is 0.308 bits per heavy atom. The fourth-order valence-corrected chi connectivity index (χ4v) is 9.55.